The number of sulfonamides is 1. The fourth-order valence-electron chi connectivity index (χ4n) is 2.41. The van der Waals surface area contributed by atoms with Crippen molar-refractivity contribution < 1.29 is 18.3 Å². The zero-order valence-corrected chi connectivity index (χ0v) is 15.3. The zero-order valence-electron chi connectivity index (χ0n) is 14.5. The van der Waals surface area contributed by atoms with Gasteiger partial charge in [-0.05, 0) is 35.1 Å². The lowest BCUT2D eigenvalue weighted by Crippen LogP contribution is -2.49. The van der Waals surface area contributed by atoms with Crippen LogP contribution < -0.4 is 9.83 Å². The standard InChI is InChI=1S/C19H23NO4S/c1-19(2,3)15-9-11-16(12-10-15)25(23,24)20-17(18(21)22)13-14-7-5-4-6-8-14/h4-12,17,20H,13H2,1-3H3,(H,21,22)/p-1/t17-/m1/s1. The number of rotatable bonds is 6. The largest absolute Gasteiger partial charge is 0.548 e. The first-order chi connectivity index (χ1) is 11.6. The minimum atomic E-state index is -3.96. The van der Waals surface area contributed by atoms with Gasteiger partial charge in [-0.1, -0.05) is 63.2 Å². The predicted molar refractivity (Wildman–Crippen MR) is 94.4 cm³/mol. The number of carboxylic acids is 1. The van der Waals surface area contributed by atoms with Gasteiger partial charge in [0.2, 0.25) is 10.0 Å². The Hall–Kier alpha value is -2.18. The van der Waals surface area contributed by atoms with Gasteiger partial charge in [0.25, 0.3) is 0 Å². The van der Waals surface area contributed by atoms with Gasteiger partial charge in [0.15, 0.2) is 0 Å². The minimum absolute atomic E-state index is 0.0163. The third-order valence-electron chi connectivity index (χ3n) is 3.90. The number of carboxylic acid groups (broad SMARTS) is 1. The molecule has 0 aromatic heterocycles. The van der Waals surface area contributed by atoms with E-state index in [1.165, 1.54) is 12.1 Å². The molecule has 5 nitrogen and oxygen atoms in total. The van der Waals surface area contributed by atoms with Crippen molar-refractivity contribution in [1.82, 2.24) is 4.72 Å². The molecule has 2 rings (SSSR count). The van der Waals surface area contributed by atoms with E-state index in [1.807, 2.05) is 20.8 Å². The molecule has 0 saturated carbocycles. The molecular weight excluding hydrogens is 338 g/mol. The number of hydrogen-bond donors (Lipinski definition) is 1. The second-order valence-electron chi connectivity index (χ2n) is 6.96. The minimum Gasteiger partial charge on any atom is -0.548 e. The number of carbonyl (C=O) groups excluding carboxylic acids is 1. The Kier molecular flexibility index (Phi) is 5.65. The third kappa shape index (κ3) is 5.14. The van der Waals surface area contributed by atoms with Gasteiger partial charge in [0, 0.05) is 0 Å². The summed E-state index contributed by atoms with van der Waals surface area (Å²) in [4.78, 5) is 11.4. The quantitative estimate of drug-likeness (QED) is 0.848. The molecule has 1 atom stereocenters. The third-order valence-corrected chi connectivity index (χ3v) is 5.38. The Bertz CT molecular complexity index is 822. The van der Waals surface area contributed by atoms with Gasteiger partial charge >= 0.3 is 0 Å². The smallest absolute Gasteiger partial charge is 0.241 e. The average molecular weight is 360 g/mol. The van der Waals surface area contributed by atoms with Crippen molar-refractivity contribution in [2.24, 2.45) is 0 Å². The Morgan fingerprint density at radius 2 is 1.60 bits per heavy atom. The van der Waals surface area contributed by atoms with E-state index >= 15 is 0 Å². The maximum Gasteiger partial charge on any atom is 0.241 e. The maximum atomic E-state index is 12.5. The van der Waals surface area contributed by atoms with E-state index in [0.29, 0.717) is 5.56 Å². The summed E-state index contributed by atoms with van der Waals surface area (Å²) in [6, 6.07) is 13.9. The number of benzene rings is 2. The maximum absolute atomic E-state index is 12.5. The molecule has 0 radical (unpaired) electrons. The van der Waals surface area contributed by atoms with Crippen LogP contribution in [0, 0.1) is 0 Å². The molecule has 2 aromatic carbocycles. The van der Waals surface area contributed by atoms with Gasteiger partial charge in [-0.25, -0.2) is 13.1 Å². The SMILES string of the molecule is CC(C)(C)c1ccc(S(=O)(=O)N[C@H](Cc2ccccc2)C(=O)[O-])cc1. The molecule has 1 N–H and O–H groups in total. The van der Waals surface area contributed by atoms with Crippen LogP contribution in [0.5, 0.6) is 0 Å². The molecule has 134 valence electrons. The summed E-state index contributed by atoms with van der Waals surface area (Å²) in [6.45, 7) is 6.09. The molecule has 6 heteroatoms. The van der Waals surface area contributed by atoms with Gasteiger partial charge in [-0.2, -0.15) is 0 Å². The van der Waals surface area contributed by atoms with Crippen LogP contribution in [0.3, 0.4) is 0 Å². The molecule has 25 heavy (non-hydrogen) atoms. The number of carbonyl (C=O) groups is 1. The summed E-state index contributed by atoms with van der Waals surface area (Å²) in [5.74, 6) is -1.46. The first-order valence-electron chi connectivity index (χ1n) is 7.97. The number of nitrogens with one attached hydrogen (secondary N) is 1. The van der Waals surface area contributed by atoms with Crippen LogP contribution in [0.4, 0.5) is 0 Å². The average Bonchev–Trinajstić information content (AvgIpc) is 2.54. The highest BCUT2D eigenvalue weighted by Crippen LogP contribution is 2.23. The highest BCUT2D eigenvalue weighted by molar-refractivity contribution is 7.89. The summed E-state index contributed by atoms with van der Waals surface area (Å²) in [5.41, 5.74) is 1.60. The fraction of sp³-hybridized carbons (Fsp3) is 0.316. The lowest BCUT2D eigenvalue weighted by atomic mass is 9.87. The molecule has 0 aliphatic carbocycles. The van der Waals surface area contributed by atoms with Crippen LogP contribution in [-0.2, 0) is 26.7 Å². The molecular formula is C19H22NO4S-. The highest BCUT2D eigenvalue weighted by Gasteiger charge is 2.22. The topological polar surface area (TPSA) is 86.3 Å². The van der Waals surface area contributed by atoms with Crippen LogP contribution in [0.1, 0.15) is 31.9 Å². The van der Waals surface area contributed by atoms with Gasteiger partial charge in [-0.3, -0.25) is 0 Å². The van der Waals surface area contributed by atoms with Crippen LogP contribution in [0.2, 0.25) is 0 Å². The van der Waals surface area contributed by atoms with Crippen LogP contribution in [0.15, 0.2) is 59.5 Å². The molecule has 0 saturated heterocycles. The van der Waals surface area contributed by atoms with Crippen LogP contribution in [-0.4, -0.2) is 20.4 Å². The van der Waals surface area contributed by atoms with Crippen molar-refractivity contribution in [3.05, 3.63) is 65.7 Å². The molecule has 0 unspecified atom stereocenters. The molecule has 0 bridgehead atoms. The van der Waals surface area contributed by atoms with Crippen molar-refractivity contribution in [1.29, 1.82) is 0 Å². The van der Waals surface area contributed by atoms with Crippen LogP contribution in [0.25, 0.3) is 0 Å². The monoisotopic (exact) mass is 360 g/mol. The number of hydrogen-bond acceptors (Lipinski definition) is 4. The van der Waals surface area contributed by atoms with Crippen molar-refractivity contribution in [2.45, 2.75) is 43.5 Å². The first-order valence-corrected chi connectivity index (χ1v) is 9.45. The molecule has 0 spiro atoms. The van der Waals surface area contributed by atoms with E-state index in [0.717, 1.165) is 5.56 Å². The summed E-state index contributed by atoms with van der Waals surface area (Å²) < 4.78 is 27.2. The zero-order chi connectivity index (χ0) is 18.7. The van der Waals surface area contributed by atoms with Crippen molar-refractivity contribution >= 4 is 16.0 Å². The highest BCUT2D eigenvalue weighted by atomic mass is 32.2. The van der Waals surface area contributed by atoms with Gasteiger partial charge in [-0.15, -0.1) is 0 Å². The molecule has 0 heterocycles. The van der Waals surface area contributed by atoms with E-state index < -0.39 is 22.0 Å². The Morgan fingerprint density at radius 1 is 1.04 bits per heavy atom. The van der Waals surface area contributed by atoms with E-state index in [2.05, 4.69) is 4.72 Å². The lowest BCUT2D eigenvalue weighted by molar-refractivity contribution is -0.307. The van der Waals surface area contributed by atoms with Gasteiger partial charge < -0.3 is 9.90 Å². The Morgan fingerprint density at radius 3 is 2.08 bits per heavy atom. The predicted octanol–water partition coefficient (Wildman–Crippen LogP) is 1.62. The summed E-state index contributed by atoms with van der Waals surface area (Å²) in [7, 11) is -3.96. The Labute approximate surface area is 148 Å². The van der Waals surface area contributed by atoms with Crippen LogP contribution >= 0.6 is 0 Å². The van der Waals surface area contributed by atoms with Gasteiger partial charge in [0.05, 0.1) is 16.9 Å². The lowest BCUT2D eigenvalue weighted by Gasteiger charge is -2.21. The molecule has 0 aliphatic rings. The first kappa shape index (κ1) is 19.1. The molecule has 2 aromatic rings. The summed E-state index contributed by atoms with van der Waals surface area (Å²) in [5, 5.41) is 11.4. The molecule has 0 aliphatic heterocycles. The second kappa shape index (κ2) is 7.37. The van der Waals surface area contributed by atoms with Crippen molar-refractivity contribution in [2.75, 3.05) is 0 Å². The van der Waals surface area contributed by atoms with E-state index in [-0.39, 0.29) is 16.7 Å². The molecule has 0 amide bonds. The molecule has 0 fully saturated rings. The normalized spacial score (nSPS) is 13.4. The summed E-state index contributed by atoms with van der Waals surface area (Å²) >= 11 is 0. The summed E-state index contributed by atoms with van der Waals surface area (Å²) in [6.07, 6.45) is 0.0163. The second-order valence-corrected chi connectivity index (χ2v) is 8.67. The number of aliphatic carboxylic acids is 1. The van der Waals surface area contributed by atoms with E-state index in [4.69, 9.17) is 0 Å². The Balaban J connectivity index is 2.21. The van der Waals surface area contributed by atoms with Gasteiger partial charge in [0.1, 0.15) is 0 Å². The van der Waals surface area contributed by atoms with Crippen molar-refractivity contribution in [3.63, 3.8) is 0 Å². The van der Waals surface area contributed by atoms with E-state index in [1.54, 1.807) is 42.5 Å². The van der Waals surface area contributed by atoms with Crippen molar-refractivity contribution in [3.8, 4) is 0 Å². The van der Waals surface area contributed by atoms with E-state index in [9.17, 15) is 18.3 Å². The fourth-order valence-corrected chi connectivity index (χ4v) is 3.60.